The van der Waals surface area contributed by atoms with Gasteiger partial charge in [0.2, 0.25) is 0 Å². The van der Waals surface area contributed by atoms with Gasteiger partial charge >= 0.3 is 12.4 Å². The number of anilines is 1. The van der Waals surface area contributed by atoms with E-state index < -0.39 is 35.5 Å². The van der Waals surface area contributed by atoms with Crippen molar-refractivity contribution in [2.45, 2.75) is 18.7 Å². The lowest BCUT2D eigenvalue weighted by Gasteiger charge is -2.31. The van der Waals surface area contributed by atoms with Crippen LogP contribution < -0.4 is 4.90 Å². The maximum atomic E-state index is 12.7. The van der Waals surface area contributed by atoms with Gasteiger partial charge in [-0.05, 0) is 32.3 Å². The van der Waals surface area contributed by atoms with Gasteiger partial charge in [0.25, 0.3) is 0 Å². The first-order valence-corrected chi connectivity index (χ1v) is 5.71. The molecular formula is C12H14F6N2O. The van der Waals surface area contributed by atoms with Crippen LogP contribution in [0.3, 0.4) is 0 Å². The third-order valence-electron chi connectivity index (χ3n) is 2.79. The van der Waals surface area contributed by atoms with Gasteiger partial charge in [0.15, 0.2) is 6.35 Å². The van der Waals surface area contributed by atoms with Crippen LogP contribution in [0.4, 0.5) is 32.0 Å². The number of rotatable bonds is 3. The minimum absolute atomic E-state index is 0.0411. The van der Waals surface area contributed by atoms with E-state index in [0.717, 1.165) is 4.90 Å². The first-order chi connectivity index (χ1) is 9.34. The van der Waals surface area contributed by atoms with Crippen LogP contribution >= 0.6 is 0 Å². The molecule has 21 heavy (non-hydrogen) atoms. The Hall–Kier alpha value is -1.48. The number of nitrogens with zero attached hydrogens (tertiary/aromatic N) is 2. The fourth-order valence-electron chi connectivity index (χ4n) is 1.62. The lowest BCUT2D eigenvalue weighted by atomic mass is 10.1. The van der Waals surface area contributed by atoms with Crippen LogP contribution in [0.1, 0.15) is 11.1 Å². The average Bonchev–Trinajstić information content (AvgIpc) is 2.34. The van der Waals surface area contributed by atoms with Crippen molar-refractivity contribution in [1.82, 2.24) is 4.90 Å². The fraction of sp³-hybridized carbons (Fsp3) is 0.500. The van der Waals surface area contributed by atoms with Crippen LogP contribution in [0.2, 0.25) is 0 Å². The van der Waals surface area contributed by atoms with Crippen molar-refractivity contribution in [3.63, 3.8) is 0 Å². The minimum Gasteiger partial charge on any atom is -0.361 e. The molecule has 0 saturated heterocycles. The highest BCUT2D eigenvalue weighted by Gasteiger charge is 2.37. The van der Waals surface area contributed by atoms with Gasteiger partial charge in [0, 0.05) is 12.7 Å². The summed E-state index contributed by atoms with van der Waals surface area (Å²) in [4.78, 5) is 2.14. The van der Waals surface area contributed by atoms with E-state index in [1.165, 1.54) is 26.0 Å². The van der Waals surface area contributed by atoms with E-state index in [9.17, 15) is 31.4 Å². The van der Waals surface area contributed by atoms with Crippen LogP contribution in [0.25, 0.3) is 0 Å². The predicted molar refractivity (Wildman–Crippen MR) is 64.5 cm³/mol. The van der Waals surface area contributed by atoms with Crippen LogP contribution in [-0.2, 0) is 12.4 Å². The van der Waals surface area contributed by atoms with E-state index in [-0.39, 0.29) is 6.07 Å². The SMILES string of the molecule is CN(C)C(O)N(C)c1cc(C(F)(F)F)cc(C(F)(F)F)c1. The molecule has 0 aliphatic heterocycles. The summed E-state index contributed by atoms with van der Waals surface area (Å²) in [5, 5.41) is 9.73. The Balaban J connectivity index is 3.39. The highest BCUT2D eigenvalue weighted by Crippen LogP contribution is 2.38. The average molecular weight is 316 g/mol. The van der Waals surface area contributed by atoms with E-state index in [1.54, 1.807) is 0 Å². The summed E-state index contributed by atoms with van der Waals surface area (Å²) in [6, 6.07) is 1.16. The Kier molecular flexibility index (Phi) is 4.79. The Morgan fingerprint density at radius 1 is 0.857 bits per heavy atom. The van der Waals surface area contributed by atoms with Gasteiger partial charge in [-0.1, -0.05) is 0 Å². The van der Waals surface area contributed by atoms with Crippen LogP contribution in [0, 0.1) is 0 Å². The summed E-state index contributed by atoms with van der Waals surface area (Å²) in [6.45, 7) is 0. The Labute approximate surface area is 117 Å². The lowest BCUT2D eigenvalue weighted by molar-refractivity contribution is -0.143. The summed E-state index contributed by atoms with van der Waals surface area (Å²) >= 11 is 0. The molecule has 120 valence electrons. The van der Waals surface area contributed by atoms with Gasteiger partial charge < -0.3 is 10.0 Å². The van der Waals surface area contributed by atoms with Crippen molar-refractivity contribution >= 4 is 5.69 Å². The highest BCUT2D eigenvalue weighted by molar-refractivity contribution is 5.52. The van der Waals surface area contributed by atoms with Crippen molar-refractivity contribution in [3.05, 3.63) is 29.3 Å². The highest BCUT2D eigenvalue weighted by atomic mass is 19.4. The lowest BCUT2D eigenvalue weighted by Crippen LogP contribution is -2.42. The number of hydrogen-bond donors (Lipinski definition) is 1. The molecule has 0 saturated carbocycles. The fourth-order valence-corrected chi connectivity index (χ4v) is 1.62. The molecule has 1 atom stereocenters. The van der Waals surface area contributed by atoms with Gasteiger partial charge in [-0.2, -0.15) is 26.3 Å². The van der Waals surface area contributed by atoms with E-state index in [1.807, 2.05) is 0 Å². The molecule has 1 aromatic carbocycles. The molecule has 0 aliphatic carbocycles. The quantitative estimate of drug-likeness (QED) is 0.686. The molecule has 9 heteroatoms. The van der Waals surface area contributed by atoms with Crippen molar-refractivity contribution in [3.8, 4) is 0 Å². The van der Waals surface area contributed by atoms with Crippen LogP contribution in [-0.4, -0.2) is 37.5 Å². The zero-order valence-electron chi connectivity index (χ0n) is 11.4. The Morgan fingerprint density at radius 3 is 1.52 bits per heavy atom. The summed E-state index contributed by atoms with van der Waals surface area (Å²) in [5.41, 5.74) is -3.24. The smallest absolute Gasteiger partial charge is 0.361 e. The number of benzene rings is 1. The second-order valence-corrected chi connectivity index (χ2v) is 4.69. The van der Waals surface area contributed by atoms with Gasteiger partial charge in [-0.3, -0.25) is 4.90 Å². The number of aliphatic hydroxyl groups is 1. The topological polar surface area (TPSA) is 26.7 Å². The van der Waals surface area contributed by atoms with E-state index in [4.69, 9.17) is 0 Å². The first-order valence-electron chi connectivity index (χ1n) is 5.71. The zero-order chi connectivity index (χ0) is 16.6. The maximum Gasteiger partial charge on any atom is 0.416 e. The molecule has 1 rings (SSSR count). The predicted octanol–water partition coefficient (Wildman–Crippen LogP) is 3.00. The summed E-state index contributed by atoms with van der Waals surface area (Å²) in [5.74, 6) is 0. The molecule has 3 nitrogen and oxygen atoms in total. The van der Waals surface area contributed by atoms with E-state index in [2.05, 4.69) is 0 Å². The van der Waals surface area contributed by atoms with Gasteiger partial charge in [0.1, 0.15) is 0 Å². The van der Waals surface area contributed by atoms with E-state index in [0.29, 0.717) is 12.1 Å². The number of hydrogen-bond acceptors (Lipinski definition) is 3. The van der Waals surface area contributed by atoms with Crippen LogP contribution in [0.5, 0.6) is 0 Å². The largest absolute Gasteiger partial charge is 0.416 e. The second-order valence-electron chi connectivity index (χ2n) is 4.69. The molecule has 0 amide bonds. The zero-order valence-corrected chi connectivity index (χ0v) is 11.4. The van der Waals surface area contributed by atoms with Gasteiger partial charge in [-0.15, -0.1) is 0 Å². The van der Waals surface area contributed by atoms with Gasteiger partial charge in [0.05, 0.1) is 11.1 Å². The van der Waals surface area contributed by atoms with Crippen molar-refractivity contribution in [1.29, 1.82) is 0 Å². The molecule has 0 aliphatic rings. The summed E-state index contributed by atoms with van der Waals surface area (Å²) in [7, 11) is 4.05. The van der Waals surface area contributed by atoms with Crippen molar-refractivity contribution in [2.24, 2.45) is 0 Å². The molecular weight excluding hydrogens is 302 g/mol. The Bertz CT molecular complexity index is 465. The normalized spacial score (nSPS) is 14.4. The van der Waals surface area contributed by atoms with Crippen molar-refractivity contribution < 1.29 is 31.4 Å². The molecule has 0 spiro atoms. The molecule has 0 heterocycles. The molecule has 0 radical (unpaired) electrons. The number of alkyl halides is 6. The third-order valence-corrected chi connectivity index (χ3v) is 2.79. The minimum atomic E-state index is -4.92. The monoisotopic (exact) mass is 316 g/mol. The number of aliphatic hydroxyl groups excluding tert-OH is 1. The molecule has 1 aromatic rings. The van der Waals surface area contributed by atoms with Crippen molar-refractivity contribution in [2.75, 3.05) is 26.0 Å². The molecule has 1 unspecified atom stereocenters. The third kappa shape index (κ3) is 4.24. The number of halogens is 6. The summed E-state index contributed by atoms with van der Waals surface area (Å²) in [6.07, 6.45) is -11.2. The molecule has 0 aromatic heterocycles. The molecule has 0 bridgehead atoms. The maximum absolute atomic E-state index is 12.7. The molecule has 0 fully saturated rings. The Morgan fingerprint density at radius 2 is 1.24 bits per heavy atom. The molecule has 1 N–H and O–H groups in total. The van der Waals surface area contributed by atoms with Crippen LogP contribution in [0.15, 0.2) is 18.2 Å². The standard InChI is InChI=1S/C12H14F6N2O/c1-19(2)10(21)20(3)9-5-7(11(13,14)15)4-8(6-9)12(16,17)18/h4-6,10,21H,1-3H3. The first kappa shape index (κ1) is 17.6. The summed E-state index contributed by atoms with van der Waals surface area (Å²) < 4.78 is 76.2. The second kappa shape index (κ2) is 5.72. The van der Waals surface area contributed by atoms with E-state index >= 15 is 0 Å². The van der Waals surface area contributed by atoms with Gasteiger partial charge in [-0.25, -0.2) is 0 Å².